The van der Waals surface area contributed by atoms with Crippen molar-refractivity contribution >= 4 is 55.8 Å². The van der Waals surface area contributed by atoms with Crippen molar-refractivity contribution in [3.05, 3.63) is 22.7 Å². The molecule has 1 amide bonds. The summed E-state index contributed by atoms with van der Waals surface area (Å²) in [7, 11) is 0. The van der Waals surface area contributed by atoms with Crippen LogP contribution in [-0.4, -0.2) is 16.3 Å². The van der Waals surface area contributed by atoms with E-state index in [2.05, 4.69) is 24.1 Å². The summed E-state index contributed by atoms with van der Waals surface area (Å²) in [6.45, 7) is 5.80. The molecule has 102 valence electrons. The molecule has 0 unspecified atom stereocenters. The van der Waals surface area contributed by atoms with Gasteiger partial charge in [0.05, 0.1) is 10.2 Å². The molecule has 0 aliphatic rings. The third kappa shape index (κ3) is 3.19. The zero-order chi connectivity index (χ0) is 14.2. The number of rotatable bonds is 3. The molecule has 0 spiro atoms. The topological polar surface area (TPSA) is 42.0 Å². The van der Waals surface area contributed by atoms with E-state index >= 15 is 0 Å². The number of aromatic nitrogens is 1. The van der Waals surface area contributed by atoms with E-state index < -0.39 is 5.38 Å². The van der Waals surface area contributed by atoms with Gasteiger partial charge in [0, 0.05) is 5.02 Å². The van der Waals surface area contributed by atoms with Crippen molar-refractivity contribution in [3.8, 4) is 0 Å². The van der Waals surface area contributed by atoms with Gasteiger partial charge < -0.3 is 5.32 Å². The number of thiazole rings is 1. The molecule has 19 heavy (non-hydrogen) atoms. The quantitative estimate of drug-likeness (QED) is 0.838. The second kappa shape index (κ2) is 5.65. The van der Waals surface area contributed by atoms with E-state index in [4.69, 9.17) is 23.2 Å². The summed E-state index contributed by atoms with van der Waals surface area (Å²) in [6, 6.07) is 3.78. The Morgan fingerprint density at radius 3 is 2.63 bits per heavy atom. The molecule has 2 aromatic rings. The minimum atomic E-state index is -0.583. The van der Waals surface area contributed by atoms with Crippen LogP contribution in [0.3, 0.4) is 0 Å². The lowest BCUT2D eigenvalue weighted by Gasteiger charge is -2.06. The van der Waals surface area contributed by atoms with E-state index in [1.807, 2.05) is 12.1 Å². The number of carbonyl (C=O) groups is 1. The summed E-state index contributed by atoms with van der Waals surface area (Å²) in [5.74, 6) is 0.0664. The maximum absolute atomic E-state index is 11.6. The average molecular weight is 317 g/mol. The van der Waals surface area contributed by atoms with E-state index in [1.54, 1.807) is 6.92 Å². The van der Waals surface area contributed by atoms with Crippen LogP contribution < -0.4 is 5.32 Å². The zero-order valence-corrected chi connectivity index (χ0v) is 13.2. The predicted octanol–water partition coefficient (Wildman–Crippen LogP) is 4.64. The lowest BCUT2D eigenvalue weighted by atomic mass is 10.0. The summed E-state index contributed by atoms with van der Waals surface area (Å²) in [5, 5.41) is 3.36. The fourth-order valence-electron chi connectivity index (χ4n) is 1.72. The normalized spacial score (nSPS) is 12.9. The molecule has 1 N–H and O–H groups in total. The van der Waals surface area contributed by atoms with Crippen LogP contribution in [0.15, 0.2) is 12.1 Å². The molecule has 1 aromatic heterocycles. The van der Waals surface area contributed by atoms with Gasteiger partial charge in [-0.2, -0.15) is 0 Å². The number of nitrogens with one attached hydrogen (secondary N) is 1. The number of alkyl halides is 1. The van der Waals surface area contributed by atoms with Crippen molar-refractivity contribution in [2.24, 2.45) is 0 Å². The molecule has 1 aromatic carbocycles. The Morgan fingerprint density at radius 1 is 1.37 bits per heavy atom. The van der Waals surface area contributed by atoms with Crippen LogP contribution in [-0.2, 0) is 4.79 Å². The van der Waals surface area contributed by atoms with Crippen LogP contribution in [0.5, 0.6) is 0 Å². The number of halogens is 2. The van der Waals surface area contributed by atoms with Crippen molar-refractivity contribution in [3.63, 3.8) is 0 Å². The Balaban J connectivity index is 2.45. The van der Waals surface area contributed by atoms with Gasteiger partial charge in [-0.15, -0.1) is 11.6 Å². The average Bonchev–Trinajstić information content (AvgIpc) is 2.69. The lowest BCUT2D eigenvalue weighted by Crippen LogP contribution is -2.20. The summed E-state index contributed by atoms with van der Waals surface area (Å²) in [6.07, 6.45) is 0. The molecule has 0 saturated carbocycles. The van der Waals surface area contributed by atoms with Gasteiger partial charge in [-0.1, -0.05) is 36.8 Å². The monoisotopic (exact) mass is 316 g/mol. The minimum absolute atomic E-state index is 0.252. The zero-order valence-electron chi connectivity index (χ0n) is 10.8. The molecule has 1 atom stereocenters. The first-order chi connectivity index (χ1) is 8.88. The minimum Gasteiger partial charge on any atom is -0.301 e. The lowest BCUT2D eigenvalue weighted by molar-refractivity contribution is -0.115. The highest BCUT2D eigenvalue weighted by Gasteiger charge is 2.15. The fraction of sp³-hybridized carbons (Fsp3) is 0.385. The maximum Gasteiger partial charge on any atom is 0.243 e. The van der Waals surface area contributed by atoms with E-state index in [-0.39, 0.29) is 5.91 Å². The number of nitrogens with zero attached hydrogens (tertiary/aromatic N) is 1. The van der Waals surface area contributed by atoms with Crippen LogP contribution in [0.1, 0.15) is 32.3 Å². The molecule has 1 heterocycles. The van der Waals surface area contributed by atoms with Gasteiger partial charge in [0.1, 0.15) is 5.38 Å². The number of carbonyl (C=O) groups excluding carboxylic acids is 1. The number of fused-ring (bicyclic) bond motifs is 1. The van der Waals surface area contributed by atoms with Crippen molar-refractivity contribution in [1.29, 1.82) is 0 Å². The molecule has 6 heteroatoms. The molecule has 0 saturated heterocycles. The van der Waals surface area contributed by atoms with Gasteiger partial charge in [-0.25, -0.2) is 4.98 Å². The number of hydrogen-bond acceptors (Lipinski definition) is 3. The number of amides is 1. The highest BCUT2D eigenvalue weighted by molar-refractivity contribution is 7.22. The van der Waals surface area contributed by atoms with E-state index in [9.17, 15) is 4.79 Å². The van der Waals surface area contributed by atoms with Crippen LogP contribution in [0.25, 0.3) is 10.2 Å². The van der Waals surface area contributed by atoms with Crippen LogP contribution in [0.4, 0.5) is 5.13 Å². The van der Waals surface area contributed by atoms with Gasteiger partial charge in [-0.3, -0.25) is 4.79 Å². The molecular weight excluding hydrogens is 303 g/mol. The standard InChI is InChI=1S/C13H14Cl2N2OS/c1-6(2)9-4-8(15)5-10-11(9)16-13(19-10)17-12(18)7(3)14/h4-7H,1-3H3,(H,16,17,18)/t7-/m0/s1. The first-order valence-electron chi connectivity index (χ1n) is 5.93. The molecule has 0 bridgehead atoms. The van der Waals surface area contributed by atoms with Gasteiger partial charge >= 0.3 is 0 Å². The summed E-state index contributed by atoms with van der Waals surface area (Å²) in [5.41, 5.74) is 1.97. The summed E-state index contributed by atoms with van der Waals surface area (Å²) in [4.78, 5) is 16.0. The Kier molecular flexibility index (Phi) is 4.33. The Bertz CT molecular complexity index is 622. The number of hydrogen-bond donors (Lipinski definition) is 1. The number of anilines is 1. The molecule has 2 rings (SSSR count). The second-order valence-electron chi connectivity index (χ2n) is 4.62. The predicted molar refractivity (Wildman–Crippen MR) is 82.7 cm³/mol. The van der Waals surface area contributed by atoms with Crippen molar-refractivity contribution in [2.75, 3.05) is 5.32 Å². The van der Waals surface area contributed by atoms with E-state index in [1.165, 1.54) is 11.3 Å². The van der Waals surface area contributed by atoms with Crippen molar-refractivity contribution < 1.29 is 4.79 Å². The van der Waals surface area contributed by atoms with Crippen LogP contribution >= 0.6 is 34.5 Å². The van der Waals surface area contributed by atoms with Crippen molar-refractivity contribution in [1.82, 2.24) is 4.98 Å². The van der Waals surface area contributed by atoms with E-state index in [0.29, 0.717) is 16.1 Å². The van der Waals surface area contributed by atoms with Gasteiger partial charge in [0.2, 0.25) is 5.91 Å². The smallest absolute Gasteiger partial charge is 0.243 e. The van der Waals surface area contributed by atoms with Crippen LogP contribution in [0.2, 0.25) is 5.02 Å². The molecule has 0 aliphatic carbocycles. The number of benzene rings is 1. The highest BCUT2D eigenvalue weighted by atomic mass is 35.5. The first kappa shape index (κ1) is 14.6. The summed E-state index contributed by atoms with van der Waals surface area (Å²) < 4.78 is 0.966. The maximum atomic E-state index is 11.6. The second-order valence-corrected chi connectivity index (χ2v) is 6.74. The Labute approximate surface area is 125 Å². The van der Waals surface area contributed by atoms with Gasteiger partial charge in [0.15, 0.2) is 5.13 Å². The van der Waals surface area contributed by atoms with Gasteiger partial charge in [0.25, 0.3) is 0 Å². The molecule has 0 fully saturated rings. The SMILES string of the molecule is CC(C)c1cc(Cl)cc2sc(NC(=O)[C@H](C)Cl)nc12. The molecular formula is C13H14Cl2N2OS. The summed E-state index contributed by atoms with van der Waals surface area (Å²) >= 11 is 13.2. The van der Waals surface area contributed by atoms with Crippen LogP contribution in [0, 0.1) is 0 Å². The molecule has 0 aliphatic heterocycles. The Hall–Kier alpha value is -0.840. The molecule has 3 nitrogen and oxygen atoms in total. The third-order valence-electron chi connectivity index (χ3n) is 2.70. The van der Waals surface area contributed by atoms with E-state index in [0.717, 1.165) is 15.8 Å². The molecule has 0 radical (unpaired) electrons. The first-order valence-corrected chi connectivity index (χ1v) is 7.56. The Morgan fingerprint density at radius 2 is 2.05 bits per heavy atom. The largest absolute Gasteiger partial charge is 0.301 e. The third-order valence-corrected chi connectivity index (χ3v) is 4.04. The fourth-order valence-corrected chi connectivity index (χ4v) is 3.01. The van der Waals surface area contributed by atoms with Gasteiger partial charge in [-0.05, 0) is 30.5 Å². The van der Waals surface area contributed by atoms with Crippen molar-refractivity contribution in [2.45, 2.75) is 32.1 Å². The highest BCUT2D eigenvalue weighted by Crippen LogP contribution is 2.34.